The fourth-order valence-electron chi connectivity index (χ4n) is 2.85. The molecule has 1 saturated carbocycles. The lowest BCUT2D eigenvalue weighted by atomic mass is 9.86. The Morgan fingerprint density at radius 1 is 1.20 bits per heavy atom. The Bertz CT molecular complexity index is 309. The number of rotatable bonds is 7. The molecule has 0 unspecified atom stereocenters. The first kappa shape index (κ1) is 17.0. The summed E-state index contributed by atoms with van der Waals surface area (Å²) in [6, 6.07) is 0. The van der Waals surface area contributed by atoms with Crippen LogP contribution in [0, 0.1) is 11.8 Å². The third-order valence-electron chi connectivity index (χ3n) is 3.94. The average Bonchev–Trinajstić information content (AvgIpc) is 2.43. The van der Waals surface area contributed by atoms with Gasteiger partial charge in [-0.15, -0.1) is 0 Å². The van der Waals surface area contributed by atoms with Crippen LogP contribution in [0.2, 0.25) is 0 Å². The molecule has 0 aromatic rings. The van der Waals surface area contributed by atoms with E-state index in [4.69, 9.17) is 0 Å². The third kappa shape index (κ3) is 6.40. The smallest absolute Gasteiger partial charge is 0.307 e. The quantitative estimate of drug-likeness (QED) is 0.675. The number of nitrogens with zero attached hydrogens (tertiary/aromatic N) is 1. The first-order valence-corrected chi connectivity index (χ1v) is 7.87. The van der Waals surface area contributed by atoms with Gasteiger partial charge in [0.05, 0.1) is 13.5 Å². The van der Waals surface area contributed by atoms with E-state index < -0.39 is 0 Å². The molecule has 0 bridgehead atoms. The summed E-state index contributed by atoms with van der Waals surface area (Å²) in [4.78, 5) is 25.5. The van der Waals surface area contributed by atoms with Gasteiger partial charge in [-0.25, -0.2) is 0 Å². The van der Waals surface area contributed by atoms with Crippen molar-refractivity contribution in [3.63, 3.8) is 0 Å². The van der Waals surface area contributed by atoms with Crippen LogP contribution in [-0.4, -0.2) is 37.0 Å². The highest BCUT2D eigenvalue weighted by Crippen LogP contribution is 2.27. The molecule has 0 heterocycles. The Labute approximate surface area is 122 Å². The minimum Gasteiger partial charge on any atom is -0.469 e. The summed E-state index contributed by atoms with van der Waals surface area (Å²) in [6.45, 7) is 5.40. The maximum Gasteiger partial charge on any atom is 0.307 e. The van der Waals surface area contributed by atoms with Crippen molar-refractivity contribution in [3.8, 4) is 0 Å². The van der Waals surface area contributed by atoms with Crippen molar-refractivity contribution in [2.75, 3.05) is 20.2 Å². The number of esters is 1. The summed E-state index contributed by atoms with van der Waals surface area (Å²) in [7, 11) is 1.39. The molecule has 0 aromatic carbocycles. The molecule has 1 aliphatic carbocycles. The summed E-state index contributed by atoms with van der Waals surface area (Å²) < 4.78 is 4.66. The normalized spacial score (nSPS) is 16.2. The van der Waals surface area contributed by atoms with Gasteiger partial charge in [-0.1, -0.05) is 33.1 Å². The molecule has 116 valence electrons. The van der Waals surface area contributed by atoms with Crippen molar-refractivity contribution in [1.29, 1.82) is 0 Å². The van der Waals surface area contributed by atoms with Gasteiger partial charge in [-0.05, 0) is 24.7 Å². The lowest BCUT2D eigenvalue weighted by Crippen LogP contribution is -2.37. The Hall–Kier alpha value is -1.06. The number of carbonyl (C=O) groups excluding carboxylic acids is 2. The Kier molecular flexibility index (Phi) is 7.63. The predicted octanol–water partition coefficient (Wildman–Crippen LogP) is 3.00. The molecular weight excluding hydrogens is 254 g/mol. The van der Waals surface area contributed by atoms with Gasteiger partial charge in [0.25, 0.3) is 0 Å². The summed E-state index contributed by atoms with van der Waals surface area (Å²) in [5.74, 6) is 0.922. The molecule has 4 heteroatoms. The van der Waals surface area contributed by atoms with Crippen LogP contribution in [0.15, 0.2) is 0 Å². The van der Waals surface area contributed by atoms with Crippen molar-refractivity contribution < 1.29 is 14.3 Å². The Morgan fingerprint density at radius 3 is 2.40 bits per heavy atom. The van der Waals surface area contributed by atoms with Crippen LogP contribution in [0.1, 0.15) is 58.8 Å². The highest BCUT2D eigenvalue weighted by atomic mass is 16.5. The van der Waals surface area contributed by atoms with Crippen molar-refractivity contribution in [1.82, 2.24) is 4.90 Å². The zero-order valence-electron chi connectivity index (χ0n) is 13.2. The molecule has 0 radical (unpaired) electrons. The number of ether oxygens (including phenoxy) is 1. The van der Waals surface area contributed by atoms with Gasteiger partial charge in [0.15, 0.2) is 0 Å². The van der Waals surface area contributed by atoms with Crippen LogP contribution in [0.3, 0.4) is 0 Å². The lowest BCUT2D eigenvalue weighted by molar-refractivity contribution is -0.142. The second kappa shape index (κ2) is 8.98. The maximum atomic E-state index is 12.4. The first-order chi connectivity index (χ1) is 9.52. The summed E-state index contributed by atoms with van der Waals surface area (Å²) in [5, 5.41) is 0. The number of hydrogen-bond acceptors (Lipinski definition) is 3. The zero-order chi connectivity index (χ0) is 15.0. The Balaban J connectivity index is 2.47. The second-order valence-corrected chi connectivity index (χ2v) is 6.27. The van der Waals surface area contributed by atoms with Crippen LogP contribution in [-0.2, 0) is 14.3 Å². The van der Waals surface area contributed by atoms with Crippen LogP contribution in [0.5, 0.6) is 0 Å². The van der Waals surface area contributed by atoms with Crippen molar-refractivity contribution in [2.24, 2.45) is 11.8 Å². The molecule has 0 aliphatic heterocycles. The van der Waals surface area contributed by atoms with Gasteiger partial charge in [0.1, 0.15) is 0 Å². The van der Waals surface area contributed by atoms with E-state index in [1.807, 2.05) is 4.90 Å². The molecule has 4 nitrogen and oxygen atoms in total. The molecule has 0 aromatic heterocycles. The number of hydrogen-bond donors (Lipinski definition) is 0. The molecule has 1 fully saturated rings. The highest BCUT2D eigenvalue weighted by molar-refractivity contribution is 5.77. The largest absolute Gasteiger partial charge is 0.469 e. The second-order valence-electron chi connectivity index (χ2n) is 6.27. The molecule has 20 heavy (non-hydrogen) atoms. The van der Waals surface area contributed by atoms with Crippen LogP contribution in [0.4, 0.5) is 0 Å². The van der Waals surface area contributed by atoms with Crippen LogP contribution >= 0.6 is 0 Å². The fraction of sp³-hybridized carbons (Fsp3) is 0.875. The summed E-state index contributed by atoms with van der Waals surface area (Å²) in [5.41, 5.74) is 0. The lowest BCUT2D eigenvalue weighted by Gasteiger charge is -2.28. The van der Waals surface area contributed by atoms with E-state index in [2.05, 4.69) is 18.6 Å². The van der Waals surface area contributed by atoms with Crippen molar-refractivity contribution >= 4 is 11.9 Å². The maximum absolute atomic E-state index is 12.4. The molecular formula is C16H29NO3. The van der Waals surface area contributed by atoms with Gasteiger partial charge in [0, 0.05) is 19.5 Å². The van der Waals surface area contributed by atoms with Crippen molar-refractivity contribution in [2.45, 2.75) is 58.8 Å². The Morgan fingerprint density at radius 2 is 1.85 bits per heavy atom. The molecule has 1 aliphatic rings. The molecule has 0 N–H and O–H groups in total. The summed E-state index contributed by atoms with van der Waals surface area (Å²) >= 11 is 0. The minimum absolute atomic E-state index is 0.203. The van der Waals surface area contributed by atoms with Gasteiger partial charge in [-0.2, -0.15) is 0 Å². The van der Waals surface area contributed by atoms with Gasteiger partial charge in [-0.3, -0.25) is 9.59 Å². The standard InChI is InChI=1S/C16H29NO3/c1-13(2)12-17(10-9-16(19)20-3)15(18)11-14-7-5-4-6-8-14/h13-14H,4-12H2,1-3H3. The minimum atomic E-state index is -0.246. The average molecular weight is 283 g/mol. The first-order valence-electron chi connectivity index (χ1n) is 7.87. The number of amides is 1. The van der Waals surface area contributed by atoms with Gasteiger partial charge >= 0.3 is 5.97 Å². The highest BCUT2D eigenvalue weighted by Gasteiger charge is 2.22. The van der Waals surface area contributed by atoms with Crippen LogP contribution in [0.25, 0.3) is 0 Å². The molecule has 1 rings (SSSR count). The van der Waals surface area contributed by atoms with E-state index in [-0.39, 0.29) is 11.9 Å². The number of methoxy groups -OCH3 is 1. The summed E-state index contributed by atoms with van der Waals surface area (Å²) in [6.07, 6.45) is 7.11. The fourth-order valence-corrected chi connectivity index (χ4v) is 2.85. The monoisotopic (exact) mass is 283 g/mol. The van der Waals surface area contributed by atoms with E-state index in [9.17, 15) is 9.59 Å². The van der Waals surface area contributed by atoms with Gasteiger partial charge < -0.3 is 9.64 Å². The SMILES string of the molecule is COC(=O)CCN(CC(C)C)C(=O)CC1CCCCC1. The van der Waals surface area contributed by atoms with Crippen LogP contribution < -0.4 is 0 Å². The zero-order valence-corrected chi connectivity index (χ0v) is 13.2. The van der Waals surface area contributed by atoms with E-state index >= 15 is 0 Å². The molecule has 0 saturated heterocycles. The molecule has 1 amide bonds. The molecule has 0 spiro atoms. The van der Waals surface area contributed by atoms with E-state index in [0.717, 1.165) is 6.54 Å². The van der Waals surface area contributed by atoms with E-state index in [1.165, 1.54) is 39.2 Å². The van der Waals surface area contributed by atoms with E-state index in [1.54, 1.807) is 0 Å². The third-order valence-corrected chi connectivity index (χ3v) is 3.94. The predicted molar refractivity (Wildman–Crippen MR) is 79.2 cm³/mol. The molecule has 0 atom stereocenters. The van der Waals surface area contributed by atoms with E-state index in [0.29, 0.717) is 31.2 Å². The number of carbonyl (C=O) groups is 2. The topological polar surface area (TPSA) is 46.6 Å². The van der Waals surface area contributed by atoms with Crippen molar-refractivity contribution in [3.05, 3.63) is 0 Å². The van der Waals surface area contributed by atoms with Gasteiger partial charge in [0.2, 0.25) is 5.91 Å².